The van der Waals surface area contributed by atoms with Crippen molar-refractivity contribution in [3.63, 3.8) is 0 Å². The molecule has 0 unspecified atom stereocenters. The molecule has 5 heteroatoms. The first-order valence-electron chi connectivity index (χ1n) is 7.35. The van der Waals surface area contributed by atoms with Gasteiger partial charge in [-0.2, -0.15) is 5.10 Å². The van der Waals surface area contributed by atoms with Crippen LogP contribution in [0.4, 0.5) is 5.82 Å². The van der Waals surface area contributed by atoms with E-state index in [0.29, 0.717) is 11.6 Å². The summed E-state index contributed by atoms with van der Waals surface area (Å²) in [6, 6.07) is 9.70. The van der Waals surface area contributed by atoms with E-state index in [1.54, 1.807) is 12.3 Å². The quantitative estimate of drug-likeness (QED) is 0.894. The predicted molar refractivity (Wildman–Crippen MR) is 86.4 cm³/mol. The second-order valence-corrected chi connectivity index (χ2v) is 6.24. The highest BCUT2D eigenvalue weighted by Crippen LogP contribution is 2.30. The molecule has 0 bridgehead atoms. The number of hydrogen-bond donors (Lipinski definition) is 1. The number of halogens is 1. The fourth-order valence-electron chi connectivity index (χ4n) is 2.86. The highest BCUT2D eigenvalue weighted by Gasteiger charge is 2.19. The molecule has 3 rings (SSSR count). The zero-order valence-corrected chi connectivity index (χ0v) is 13.3. The predicted octanol–water partition coefficient (Wildman–Crippen LogP) is 4.40. The molecule has 110 valence electrons. The van der Waals surface area contributed by atoms with E-state index in [9.17, 15) is 4.79 Å². The number of rotatable bonds is 3. The Labute approximate surface area is 132 Å². The van der Waals surface area contributed by atoms with Crippen molar-refractivity contribution in [2.45, 2.75) is 38.1 Å². The maximum absolute atomic E-state index is 12.4. The second-order valence-electron chi connectivity index (χ2n) is 5.39. The molecule has 1 aromatic carbocycles. The molecule has 1 amide bonds. The van der Waals surface area contributed by atoms with Gasteiger partial charge in [0.25, 0.3) is 5.91 Å². The minimum absolute atomic E-state index is 0.111. The van der Waals surface area contributed by atoms with Crippen LogP contribution >= 0.6 is 15.9 Å². The molecule has 0 atom stereocenters. The van der Waals surface area contributed by atoms with Crippen LogP contribution in [0.1, 0.15) is 48.5 Å². The van der Waals surface area contributed by atoms with Gasteiger partial charge in [0, 0.05) is 10.5 Å². The van der Waals surface area contributed by atoms with Crippen LogP contribution in [-0.2, 0) is 0 Å². The number of aromatic nitrogens is 2. The van der Waals surface area contributed by atoms with Crippen molar-refractivity contribution in [3.05, 3.63) is 46.6 Å². The van der Waals surface area contributed by atoms with Gasteiger partial charge in [0.15, 0.2) is 0 Å². The van der Waals surface area contributed by atoms with Gasteiger partial charge in [-0.15, -0.1) is 0 Å². The summed E-state index contributed by atoms with van der Waals surface area (Å²) in [6.07, 6.45) is 7.81. The molecular formula is C16H18BrN3O. The Morgan fingerprint density at radius 3 is 2.71 bits per heavy atom. The smallest absolute Gasteiger partial charge is 0.257 e. The third-order valence-corrected chi connectivity index (χ3v) is 4.64. The largest absolute Gasteiger partial charge is 0.307 e. The number of hydrogen-bond acceptors (Lipinski definition) is 2. The molecule has 1 aliphatic rings. The van der Waals surface area contributed by atoms with E-state index >= 15 is 0 Å². The zero-order valence-electron chi connectivity index (χ0n) is 11.8. The zero-order chi connectivity index (χ0) is 14.7. The normalized spacial score (nSPS) is 15.9. The van der Waals surface area contributed by atoms with Crippen LogP contribution in [-0.4, -0.2) is 15.7 Å². The number of benzene rings is 1. The molecule has 1 saturated carbocycles. The summed E-state index contributed by atoms with van der Waals surface area (Å²) in [4.78, 5) is 12.4. The van der Waals surface area contributed by atoms with E-state index < -0.39 is 0 Å². The summed E-state index contributed by atoms with van der Waals surface area (Å²) >= 11 is 3.41. The molecule has 1 aliphatic carbocycles. The number of amides is 1. The highest BCUT2D eigenvalue weighted by atomic mass is 79.9. The molecule has 2 aromatic rings. The highest BCUT2D eigenvalue weighted by molar-refractivity contribution is 9.10. The summed E-state index contributed by atoms with van der Waals surface area (Å²) in [6.45, 7) is 0. The standard InChI is InChI=1S/C16H18BrN3O/c17-14-9-5-4-8-13(14)16(21)19-15-10-11-18-20(15)12-6-2-1-3-7-12/h4-5,8-12H,1-3,6-7H2,(H,19,21). The lowest BCUT2D eigenvalue weighted by molar-refractivity contribution is 0.102. The van der Waals surface area contributed by atoms with Gasteiger partial charge in [0.05, 0.1) is 17.8 Å². The van der Waals surface area contributed by atoms with E-state index in [-0.39, 0.29) is 5.91 Å². The Morgan fingerprint density at radius 2 is 1.95 bits per heavy atom. The van der Waals surface area contributed by atoms with Crippen LogP contribution in [0.2, 0.25) is 0 Å². The van der Waals surface area contributed by atoms with Gasteiger partial charge >= 0.3 is 0 Å². The number of nitrogens with zero attached hydrogens (tertiary/aromatic N) is 2. The van der Waals surface area contributed by atoms with E-state index in [1.807, 2.05) is 28.9 Å². The van der Waals surface area contributed by atoms with Crippen molar-refractivity contribution in [2.75, 3.05) is 5.32 Å². The molecule has 0 spiro atoms. The van der Waals surface area contributed by atoms with Gasteiger partial charge in [-0.25, -0.2) is 4.68 Å². The van der Waals surface area contributed by atoms with Crippen LogP contribution in [0.3, 0.4) is 0 Å². The minimum atomic E-state index is -0.111. The topological polar surface area (TPSA) is 46.9 Å². The summed E-state index contributed by atoms with van der Waals surface area (Å²) in [5, 5.41) is 7.38. The van der Waals surface area contributed by atoms with E-state index in [2.05, 4.69) is 26.3 Å². The van der Waals surface area contributed by atoms with Crippen molar-refractivity contribution >= 4 is 27.7 Å². The molecular weight excluding hydrogens is 330 g/mol. The molecule has 0 saturated heterocycles. The van der Waals surface area contributed by atoms with Crippen molar-refractivity contribution in [2.24, 2.45) is 0 Å². The lowest BCUT2D eigenvalue weighted by Crippen LogP contribution is -2.20. The summed E-state index contributed by atoms with van der Waals surface area (Å²) in [5.41, 5.74) is 0.633. The lowest BCUT2D eigenvalue weighted by Gasteiger charge is -2.23. The fraction of sp³-hybridized carbons (Fsp3) is 0.375. The summed E-state index contributed by atoms with van der Waals surface area (Å²) < 4.78 is 2.76. The van der Waals surface area contributed by atoms with E-state index in [0.717, 1.165) is 23.1 Å². The molecule has 4 nitrogen and oxygen atoms in total. The fourth-order valence-corrected chi connectivity index (χ4v) is 3.32. The monoisotopic (exact) mass is 347 g/mol. The number of nitrogens with one attached hydrogen (secondary N) is 1. The molecule has 0 radical (unpaired) electrons. The van der Waals surface area contributed by atoms with E-state index in [4.69, 9.17) is 0 Å². The third kappa shape index (κ3) is 3.18. The molecule has 21 heavy (non-hydrogen) atoms. The van der Waals surface area contributed by atoms with Gasteiger partial charge in [-0.1, -0.05) is 31.4 Å². The SMILES string of the molecule is O=C(Nc1ccnn1C1CCCCC1)c1ccccc1Br. The minimum Gasteiger partial charge on any atom is -0.307 e. The van der Waals surface area contributed by atoms with Crippen LogP contribution in [0.5, 0.6) is 0 Å². The van der Waals surface area contributed by atoms with Gasteiger partial charge in [-0.05, 0) is 40.9 Å². The number of anilines is 1. The van der Waals surface area contributed by atoms with Crippen molar-refractivity contribution in [1.29, 1.82) is 0 Å². The Morgan fingerprint density at radius 1 is 1.19 bits per heavy atom. The van der Waals surface area contributed by atoms with Crippen LogP contribution in [0, 0.1) is 0 Å². The van der Waals surface area contributed by atoms with Crippen LogP contribution in [0.25, 0.3) is 0 Å². The van der Waals surface area contributed by atoms with E-state index in [1.165, 1.54) is 19.3 Å². The molecule has 1 heterocycles. The Kier molecular flexibility index (Phi) is 4.39. The molecule has 0 aliphatic heterocycles. The average Bonchev–Trinajstić information content (AvgIpc) is 2.96. The maximum atomic E-state index is 12.4. The van der Waals surface area contributed by atoms with Crippen molar-refractivity contribution in [3.8, 4) is 0 Å². The molecule has 1 aromatic heterocycles. The number of carbonyl (C=O) groups is 1. The van der Waals surface area contributed by atoms with Crippen LogP contribution in [0.15, 0.2) is 41.0 Å². The Balaban J connectivity index is 1.78. The van der Waals surface area contributed by atoms with Gasteiger partial charge < -0.3 is 5.32 Å². The molecule has 1 fully saturated rings. The lowest BCUT2D eigenvalue weighted by atomic mass is 9.96. The Bertz CT molecular complexity index is 632. The summed E-state index contributed by atoms with van der Waals surface area (Å²) in [7, 11) is 0. The molecule has 1 N–H and O–H groups in total. The first-order valence-corrected chi connectivity index (χ1v) is 8.14. The maximum Gasteiger partial charge on any atom is 0.257 e. The van der Waals surface area contributed by atoms with Gasteiger partial charge in [0.2, 0.25) is 0 Å². The van der Waals surface area contributed by atoms with Crippen molar-refractivity contribution < 1.29 is 4.79 Å². The summed E-state index contributed by atoms with van der Waals surface area (Å²) in [5.74, 6) is 0.669. The first kappa shape index (κ1) is 14.3. The number of carbonyl (C=O) groups excluding carboxylic acids is 1. The van der Waals surface area contributed by atoms with Gasteiger partial charge in [0.1, 0.15) is 5.82 Å². The Hall–Kier alpha value is -1.62. The second kappa shape index (κ2) is 6.43. The van der Waals surface area contributed by atoms with Crippen molar-refractivity contribution in [1.82, 2.24) is 9.78 Å². The van der Waals surface area contributed by atoms with Gasteiger partial charge in [-0.3, -0.25) is 4.79 Å². The average molecular weight is 348 g/mol. The first-order chi connectivity index (χ1) is 10.3. The van der Waals surface area contributed by atoms with Crippen LogP contribution < -0.4 is 5.32 Å². The third-order valence-electron chi connectivity index (χ3n) is 3.95.